The lowest BCUT2D eigenvalue weighted by Crippen LogP contribution is -2.19. The van der Waals surface area contributed by atoms with Crippen LogP contribution in [0.1, 0.15) is 12.0 Å². The number of thiocarbonyl (C=S) groups is 1. The molecule has 0 radical (unpaired) electrons. The van der Waals surface area contributed by atoms with Crippen LogP contribution in [-0.4, -0.2) is 21.1 Å². The molecule has 2 rings (SSSR count). The van der Waals surface area contributed by atoms with Crippen LogP contribution in [0, 0.1) is 0 Å². The van der Waals surface area contributed by atoms with Crippen LogP contribution < -0.4 is 16.0 Å². The molecule has 2 N–H and O–H groups in total. The smallest absolute Gasteiger partial charge is 0.253 e. The van der Waals surface area contributed by atoms with Crippen LogP contribution in [0.25, 0.3) is 0 Å². The van der Waals surface area contributed by atoms with Gasteiger partial charge in [-0.1, -0.05) is 24.4 Å². The third-order valence-electron chi connectivity index (χ3n) is 2.72. The van der Waals surface area contributed by atoms with E-state index in [-0.39, 0.29) is 5.56 Å². The first kappa shape index (κ1) is 14.2. The van der Waals surface area contributed by atoms with Gasteiger partial charge in [0.15, 0.2) is 0 Å². The lowest BCUT2D eigenvalue weighted by molar-refractivity contribution is 0.300. The highest BCUT2D eigenvalue weighted by Gasteiger charge is 2.00. The Bertz CT molecular complexity index is 655. The molecule has 104 valence electrons. The molecule has 6 heteroatoms. The number of aryl methyl sites for hydroxylation is 1. The minimum Gasteiger partial charge on any atom is -0.494 e. The van der Waals surface area contributed by atoms with Gasteiger partial charge in [-0.2, -0.15) is 0 Å². The molecule has 0 fully saturated rings. The summed E-state index contributed by atoms with van der Waals surface area (Å²) in [4.78, 5) is 15.7. The Morgan fingerprint density at radius 2 is 2.25 bits per heavy atom. The summed E-state index contributed by atoms with van der Waals surface area (Å²) in [5.74, 6) is 0.717. The minimum absolute atomic E-state index is 0.0597. The summed E-state index contributed by atoms with van der Waals surface area (Å²) in [6.45, 7) is 1.07. The molecule has 2 aromatic rings. The third-order valence-corrected chi connectivity index (χ3v) is 2.96. The predicted molar refractivity (Wildman–Crippen MR) is 80.9 cm³/mol. The number of nitrogens with two attached hydrogens (primary N) is 1. The van der Waals surface area contributed by atoms with Gasteiger partial charge < -0.3 is 10.5 Å². The average Bonchev–Trinajstić information content (AvgIpc) is 2.45. The van der Waals surface area contributed by atoms with Crippen molar-refractivity contribution in [3.8, 4) is 5.75 Å². The number of ether oxygens (including phenoxy) is 1. The van der Waals surface area contributed by atoms with Gasteiger partial charge in [-0.25, -0.2) is 4.98 Å². The standard InChI is InChI=1S/C14H15N3O2S/c15-14(20)11-3-1-4-12(9-11)19-8-2-7-17-10-16-6-5-13(17)18/h1,3-6,9-10H,2,7-8H2,(H2,15,20). The van der Waals surface area contributed by atoms with E-state index in [2.05, 4.69) is 4.98 Å². The van der Waals surface area contributed by atoms with E-state index in [9.17, 15) is 4.79 Å². The summed E-state index contributed by atoms with van der Waals surface area (Å²) in [5.41, 5.74) is 6.28. The molecule has 1 aromatic carbocycles. The molecular formula is C14H15N3O2S. The van der Waals surface area contributed by atoms with Gasteiger partial charge in [-0.05, 0) is 18.6 Å². The van der Waals surface area contributed by atoms with Gasteiger partial charge in [0.05, 0.1) is 12.9 Å². The van der Waals surface area contributed by atoms with Crippen molar-refractivity contribution in [3.63, 3.8) is 0 Å². The molecule has 5 nitrogen and oxygen atoms in total. The fourth-order valence-corrected chi connectivity index (χ4v) is 1.84. The van der Waals surface area contributed by atoms with Crippen molar-refractivity contribution >= 4 is 17.2 Å². The quantitative estimate of drug-likeness (QED) is 0.642. The Hall–Kier alpha value is -2.21. The predicted octanol–water partition coefficient (Wildman–Crippen LogP) is 1.35. The molecule has 0 spiro atoms. The Balaban J connectivity index is 1.85. The van der Waals surface area contributed by atoms with Crippen LogP contribution in [0.4, 0.5) is 0 Å². The number of hydrogen-bond donors (Lipinski definition) is 1. The zero-order chi connectivity index (χ0) is 14.4. The second-order valence-corrected chi connectivity index (χ2v) is 4.65. The molecule has 0 saturated carbocycles. The largest absolute Gasteiger partial charge is 0.494 e. The van der Waals surface area contributed by atoms with Gasteiger partial charge in [0.2, 0.25) is 0 Å². The molecule has 1 aromatic heterocycles. The molecule has 0 bridgehead atoms. The van der Waals surface area contributed by atoms with Crippen molar-refractivity contribution in [1.82, 2.24) is 9.55 Å². The second kappa shape index (κ2) is 6.81. The van der Waals surface area contributed by atoms with Gasteiger partial charge >= 0.3 is 0 Å². The number of rotatable bonds is 6. The van der Waals surface area contributed by atoms with Crippen LogP contribution in [0.2, 0.25) is 0 Å². The maximum absolute atomic E-state index is 11.5. The van der Waals surface area contributed by atoms with Crippen LogP contribution in [0.5, 0.6) is 5.75 Å². The maximum Gasteiger partial charge on any atom is 0.253 e. The molecule has 1 heterocycles. The van der Waals surface area contributed by atoms with Gasteiger partial charge in [0, 0.05) is 24.4 Å². The van der Waals surface area contributed by atoms with Crippen LogP contribution in [0.3, 0.4) is 0 Å². The van der Waals surface area contributed by atoms with Crippen molar-refractivity contribution in [1.29, 1.82) is 0 Å². The SMILES string of the molecule is NC(=S)c1cccc(OCCCn2cnccc2=O)c1. The van der Waals surface area contributed by atoms with Gasteiger partial charge in [-0.3, -0.25) is 9.36 Å². The molecule has 0 atom stereocenters. The molecule has 0 aliphatic heterocycles. The molecule has 20 heavy (non-hydrogen) atoms. The first-order chi connectivity index (χ1) is 9.66. The number of nitrogens with zero attached hydrogens (tertiary/aromatic N) is 2. The molecular weight excluding hydrogens is 274 g/mol. The Labute approximate surface area is 122 Å². The molecule has 0 aliphatic carbocycles. The average molecular weight is 289 g/mol. The zero-order valence-electron chi connectivity index (χ0n) is 10.9. The van der Waals surface area contributed by atoms with E-state index in [1.54, 1.807) is 10.6 Å². The minimum atomic E-state index is -0.0597. The van der Waals surface area contributed by atoms with Crippen LogP contribution in [0.15, 0.2) is 47.7 Å². The van der Waals surface area contributed by atoms with E-state index in [0.29, 0.717) is 30.3 Å². The molecule has 0 amide bonds. The van der Waals surface area contributed by atoms with E-state index in [1.807, 2.05) is 18.2 Å². The third kappa shape index (κ3) is 3.89. The highest BCUT2D eigenvalue weighted by atomic mass is 32.1. The van der Waals surface area contributed by atoms with E-state index >= 15 is 0 Å². The van der Waals surface area contributed by atoms with Crippen LogP contribution in [-0.2, 0) is 6.54 Å². The lowest BCUT2D eigenvalue weighted by atomic mass is 10.2. The maximum atomic E-state index is 11.5. The second-order valence-electron chi connectivity index (χ2n) is 4.21. The van der Waals surface area contributed by atoms with Crippen molar-refractivity contribution in [2.24, 2.45) is 5.73 Å². The fourth-order valence-electron chi connectivity index (χ4n) is 1.71. The van der Waals surface area contributed by atoms with Gasteiger partial charge in [-0.15, -0.1) is 0 Å². The summed E-state index contributed by atoms with van der Waals surface area (Å²) in [6.07, 6.45) is 3.72. The fraction of sp³-hybridized carbons (Fsp3) is 0.214. The Kier molecular flexibility index (Phi) is 4.84. The Morgan fingerprint density at radius 1 is 1.40 bits per heavy atom. The lowest BCUT2D eigenvalue weighted by Gasteiger charge is -2.08. The van der Waals surface area contributed by atoms with Crippen LogP contribution >= 0.6 is 12.2 Å². The highest BCUT2D eigenvalue weighted by Crippen LogP contribution is 2.13. The van der Waals surface area contributed by atoms with Gasteiger partial charge in [0.25, 0.3) is 5.56 Å². The first-order valence-corrected chi connectivity index (χ1v) is 6.61. The topological polar surface area (TPSA) is 70.1 Å². The Morgan fingerprint density at radius 3 is 3.00 bits per heavy atom. The van der Waals surface area contributed by atoms with E-state index in [4.69, 9.17) is 22.7 Å². The van der Waals surface area contributed by atoms with Gasteiger partial charge in [0.1, 0.15) is 10.7 Å². The summed E-state index contributed by atoms with van der Waals surface area (Å²) in [5, 5.41) is 0. The zero-order valence-corrected chi connectivity index (χ0v) is 11.7. The number of hydrogen-bond acceptors (Lipinski definition) is 4. The molecule has 0 unspecified atom stereocenters. The summed E-state index contributed by atoms with van der Waals surface area (Å²) >= 11 is 4.91. The van der Waals surface area contributed by atoms with E-state index in [0.717, 1.165) is 5.56 Å². The highest BCUT2D eigenvalue weighted by molar-refractivity contribution is 7.80. The van der Waals surface area contributed by atoms with E-state index in [1.165, 1.54) is 18.6 Å². The molecule has 0 aliphatic rings. The number of benzene rings is 1. The monoisotopic (exact) mass is 289 g/mol. The van der Waals surface area contributed by atoms with E-state index < -0.39 is 0 Å². The summed E-state index contributed by atoms with van der Waals surface area (Å²) in [7, 11) is 0. The van der Waals surface area contributed by atoms with Crippen molar-refractivity contribution in [2.75, 3.05) is 6.61 Å². The van der Waals surface area contributed by atoms with Crippen molar-refractivity contribution in [2.45, 2.75) is 13.0 Å². The summed E-state index contributed by atoms with van der Waals surface area (Å²) < 4.78 is 7.16. The first-order valence-electron chi connectivity index (χ1n) is 6.20. The summed E-state index contributed by atoms with van der Waals surface area (Å²) in [6, 6.07) is 8.77. The van der Waals surface area contributed by atoms with Crippen molar-refractivity contribution in [3.05, 3.63) is 58.8 Å². The van der Waals surface area contributed by atoms with Crippen molar-refractivity contribution < 1.29 is 4.74 Å². The normalized spacial score (nSPS) is 10.2. The molecule has 0 saturated heterocycles. The number of aromatic nitrogens is 2.